The van der Waals surface area contributed by atoms with E-state index in [1.807, 2.05) is 37.3 Å². The number of rotatable bonds is 3. The predicted molar refractivity (Wildman–Crippen MR) is 87.5 cm³/mol. The highest BCUT2D eigenvalue weighted by atomic mass is 32.2. The van der Waals surface area contributed by atoms with Crippen molar-refractivity contribution in [1.29, 1.82) is 0 Å². The van der Waals surface area contributed by atoms with Gasteiger partial charge in [0.2, 0.25) is 0 Å². The fraction of sp³-hybridized carbons (Fsp3) is 0.188. The van der Waals surface area contributed by atoms with E-state index in [1.165, 1.54) is 11.4 Å². The quantitative estimate of drug-likeness (QED) is 0.747. The van der Waals surface area contributed by atoms with Gasteiger partial charge in [-0.05, 0) is 30.7 Å². The van der Waals surface area contributed by atoms with E-state index in [0.29, 0.717) is 5.82 Å². The van der Waals surface area contributed by atoms with Gasteiger partial charge in [0, 0.05) is 31.2 Å². The fourth-order valence-electron chi connectivity index (χ4n) is 2.42. The number of sulfonamides is 1. The van der Waals surface area contributed by atoms with Crippen molar-refractivity contribution in [2.75, 3.05) is 11.4 Å². The molecular formula is C16H17N3O2S. The number of benzene rings is 1. The van der Waals surface area contributed by atoms with Gasteiger partial charge < -0.3 is 4.57 Å². The van der Waals surface area contributed by atoms with E-state index in [4.69, 9.17) is 0 Å². The smallest absolute Gasteiger partial charge is 0.280 e. The highest BCUT2D eigenvalue weighted by Gasteiger charge is 2.26. The third-order valence-electron chi connectivity index (χ3n) is 3.75. The summed E-state index contributed by atoms with van der Waals surface area (Å²) >= 11 is 0. The number of aromatic nitrogens is 2. The second kappa shape index (κ2) is 5.14. The largest absolute Gasteiger partial charge is 0.333 e. The molecule has 5 nitrogen and oxygen atoms in total. The third-order valence-corrected chi connectivity index (χ3v) is 5.58. The minimum absolute atomic E-state index is 0.249. The summed E-state index contributed by atoms with van der Waals surface area (Å²) in [5.74, 6) is 0.399. The summed E-state index contributed by atoms with van der Waals surface area (Å²) in [6.07, 6.45) is 1.66. The molecule has 0 N–H and O–H groups in total. The van der Waals surface area contributed by atoms with E-state index in [0.717, 1.165) is 16.5 Å². The first-order valence-electron chi connectivity index (χ1n) is 6.87. The molecule has 2 aromatic heterocycles. The maximum Gasteiger partial charge on any atom is 0.280 e. The SMILES string of the molecule is Cc1ccc(N(C)S(=O)(=O)c2cc3ccccc3n2C)nc1. The monoisotopic (exact) mass is 315 g/mol. The van der Waals surface area contributed by atoms with Crippen LogP contribution in [0, 0.1) is 6.92 Å². The maximum atomic E-state index is 12.9. The molecule has 0 aliphatic carbocycles. The summed E-state index contributed by atoms with van der Waals surface area (Å²) in [5.41, 5.74) is 1.87. The molecule has 0 aliphatic heterocycles. The average molecular weight is 315 g/mol. The Kier molecular flexibility index (Phi) is 3.41. The molecular weight excluding hydrogens is 298 g/mol. The Balaban J connectivity index is 2.11. The highest BCUT2D eigenvalue weighted by Crippen LogP contribution is 2.26. The average Bonchev–Trinajstić information content (AvgIpc) is 2.86. The topological polar surface area (TPSA) is 55.2 Å². The number of pyridine rings is 1. The van der Waals surface area contributed by atoms with Gasteiger partial charge in [-0.3, -0.25) is 4.31 Å². The van der Waals surface area contributed by atoms with Gasteiger partial charge >= 0.3 is 0 Å². The number of fused-ring (bicyclic) bond motifs is 1. The molecule has 0 saturated heterocycles. The molecule has 0 atom stereocenters. The third kappa shape index (κ3) is 2.25. The lowest BCUT2D eigenvalue weighted by molar-refractivity contribution is 0.585. The lowest BCUT2D eigenvalue weighted by Crippen LogP contribution is -2.28. The van der Waals surface area contributed by atoms with E-state index < -0.39 is 10.0 Å². The highest BCUT2D eigenvalue weighted by molar-refractivity contribution is 7.92. The van der Waals surface area contributed by atoms with Crippen molar-refractivity contribution in [2.45, 2.75) is 11.9 Å². The van der Waals surface area contributed by atoms with Crippen molar-refractivity contribution in [3.8, 4) is 0 Å². The van der Waals surface area contributed by atoms with Crippen LogP contribution in [0.25, 0.3) is 10.9 Å². The van der Waals surface area contributed by atoms with Crippen molar-refractivity contribution < 1.29 is 8.42 Å². The zero-order valence-electron chi connectivity index (χ0n) is 12.7. The Morgan fingerprint density at radius 2 is 1.86 bits per heavy atom. The van der Waals surface area contributed by atoms with Crippen molar-refractivity contribution >= 4 is 26.7 Å². The molecule has 3 rings (SSSR count). The van der Waals surface area contributed by atoms with E-state index in [-0.39, 0.29) is 5.03 Å². The molecule has 2 heterocycles. The summed E-state index contributed by atoms with van der Waals surface area (Å²) in [4.78, 5) is 4.19. The Hall–Kier alpha value is -2.34. The number of hydrogen-bond donors (Lipinski definition) is 0. The molecule has 3 aromatic rings. The van der Waals surface area contributed by atoms with Crippen LogP contribution in [0.4, 0.5) is 5.82 Å². The fourth-order valence-corrected chi connectivity index (χ4v) is 3.78. The van der Waals surface area contributed by atoms with Crippen molar-refractivity contribution in [3.05, 3.63) is 54.2 Å². The van der Waals surface area contributed by atoms with Gasteiger partial charge in [-0.2, -0.15) is 8.42 Å². The van der Waals surface area contributed by atoms with Gasteiger partial charge in [0.15, 0.2) is 5.03 Å². The molecule has 0 aliphatic rings. The van der Waals surface area contributed by atoms with E-state index in [9.17, 15) is 8.42 Å². The van der Waals surface area contributed by atoms with Crippen molar-refractivity contribution in [3.63, 3.8) is 0 Å². The van der Waals surface area contributed by atoms with Crippen LogP contribution in [0.1, 0.15) is 5.56 Å². The lowest BCUT2D eigenvalue weighted by Gasteiger charge is -2.18. The molecule has 6 heteroatoms. The summed E-state index contributed by atoms with van der Waals surface area (Å²) in [6.45, 7) is 1.91. The second-order valence-electron chi connectivity index (χ2n) is 5.27. The van der Waals surface area contributed by atoms with E-state index in [2.05, 4.69) is 4.98 Å². The van der Waals surface area contributed by atoms with Crippen molar-refractivity contribution in [2.24, 2.45) is 7.05 Å². The van der Waals surface area contributed by atoms with Crippen molar-refractivity contribution in [1.82, 2.24) is 9.55 Å². The number of nitrogens with zero attached hydrogens (tertiary/aromatic N) is 3. The Morgan fingerprint density at radius 3 is 2.50 bits per heavy atom. The van der Waals surface area contributed by atoms with Crippen LogP contribution in [0.2, 0.25) is 0 Å². The predicted octanol–water partition coefficient (Wildman–Crippen LogP) is 2.71. The van der Waals surface area contributed by atoms with Crippen LogP contribution in [-0.2, 0) is 17.1 Å². The Bertz CT molecular complexity index is 928. The Morgan fingerprint density at radius 1 is 1.14 bits per heavy atom. The van der Waals surface area contributed by atoms with Gasteiger partial charge in [-0.1, -0.05) is 24.3 Å². The molecule has 0 saturated carbocycles. The Labute approximate surface area is 129 Å². The zero-order valence-corrected chi connectivity index (χ0v) is 13.5. The van der Waals surface area contributed by atoms with Crippen LogP contribution in [0.5, 0.6) is 0 Å². The first kappa shape index (κ1) is 14.6. The molecule has 22 heavy (non-hydrogen) atoms. The molecule has 0 radical (unpaired) electrons. The maximum absolute atomic E-state index is 12.9. The van der Waals surface area contributed by atoms with Crippen LogP contribution >= 0.6 is 0 Å². The molecule has 0 unspecified atom stereocenters. The van der Waals surface area contributed by atoms with Crippen LogP contribution in [0.15, 0.2) is 53.7 Å². The first-order chi connectivity index (χ1) is 10.4. The number of para-hydroxylation sites is 1. The lowest BCUT2D eigenvalue weighted by atomic mass is 10.2. The number of aryl methyl sites for hydroxylation is 2. The second-order valence-corrected chi connectivity index (χ2v) is 7.18. The normalized spacial score (nSPS) is 11.8. The summed E-state index contributed by atoms with van der Waals surface area (Å²) in [5, 5.41) is 1.15. The van der Waals surface area contributed by atoms with Gasteiger partial charge in [0.1, 0.15) is 5.82 Å². The van der Waals surface area contributed by atoms with Crippen LogP contribution in [-0.4, -0.2) is 25.0 Å². The summed E-state index contributed by atoms with van der Waals surface area (Å²) in [7, 11) is -0.390. The summed E-state index contributed by atoms with van der Waals surface area (Å²) in [6, 6.07) is 12.8. The molecule has 0 spiro atoms. The van der Waals surface area contributed by atoms with Crippen LogP contribution < -0.4 is 4.31 Å². The van der Waals surface area contributed by atoms with E-state index in [1.54, 1.807) is 29.9 Å². The minimum Gasteiger partial charge on any atom is -0.333 e. The standard InChI is InChI=1S/C16H17N3O2S/c1-12-8-9-15(17-11-12)19(3)22(20,21)16-10-13-6-4-5-7-14(13)18(16)2/h4-11H,1-3H3. The van der Waals surface area contributed by atoms with Gasteiger partial charge in [-0.15, -0.1) is 0 Å². The minimum atomic E-state index is -3.66. The molecule has 0 bridgehead atoms. The summed E-state index contributed by atoms with van der Waals surface area (Å²) < 4.78 is 28.6. The molecule has 1 aromatic carbocycles. The molecule has 0 fully saturated rings. The van der Waals surface area contributed by atoms with Gasteiger partial charge in [-0.25, -0.2) is 4.98 Å². The van der Waals surface area contributed by atoms with Crippen LogP contribution in [0.3, 0.4) is 0 Å². The molecule has 0 amide bonds. The molecule has 114 valence electrons. The first-order valence-corrected chi connectivity index (χ1v) is 8.31. The van der Waals surface area contributed by atoms with Gasteiger partial charge in [0.05, 0.1) is 0 Å². The number of hydrogen-bond acceptors (Lipinski definition) is 3. The zero-order chi connectivity index (χ0) is 15.9. The van der Waals surface area contributed by atoms with Gasteiger partial charge in [0.25, 0.3) is 10.0 Å². The van der Waals surface area contributed by atoms with E-state index >= 15 is 0 Å². The number of anilines is 1.